The summed E-state index contributed by atoms with van der Waals surface area (Å²) in [7, 11) is 1.95. The van der Waals surface area contributed by atoms with E-state index in [1.54, 1.807) is 0 Å². The number of alkyl halides is 1. The first-order valence-electron chi connectivity index (χ1n) is 9.19. The average Bonchev–Trinajstić information content (AvgIpc) is 3.40. The van der Waals surface area contributed by atoms with Crippen molar-refractivity contribution in [2.24, 2.45) is 0 Å². The number of halogens is 1. The van der Waals surface area contributed by atoms with Crippen LogP contribution in [0.1, 0.15) is 37.9 Å². The normalized spacial score (nSPS) is 19.2. The van der Waals surface area contributed by atoms with Gasteiger partial charge in [-0.2, -0.15) is 0 Å². The van der Waals surface area contributed by atoms with Crippen LogP contribution in [0.3, 0.4) is 0 Å². The number of aromatic nitrogens is 2. The van der Waals surface area contributed by atoms with E-state index < -0.39 is 5.67 Å². The number of anilines is 2. The van der Waals surface area contributed by atoms with E-state index in [4.69, 9.17) is 0 Å². The van der Waals surface area contributed by atoms with Gasteiger partial charge in [-0.05, 0) is 50.3 Å². The zero-order chi connectivity index (χ0) is 17.4. The fraction of sp³-hybridized carbons (Fsp3) is 0.579. The first-order valence-corrected chi connectivity index (χ1v) is 9.19. The number of rotatable bonds is 5. The van der Waals surface area contributed by atoms with Crippen molar-refractivity contribution in [3.8, 4) is 0 Å². The molecule has 1 saturated carbocycles. The van der Waals surface area contributed by atoms with Crippen LogP contribution in [-0.4, -0.2) is 48.4 Å². The molecule has 1 N–H and O–H groups in total. The molecular formula is C19H25FN4O. The quantitative estimate of drug-likeness (QED) is 0.904. The largest absolute Gasteiger partial charge is 0.395 e. The van der Waals surface area contributed by atoms with Gasteiger partial charge in [0.1, 0.15) is 5.82 Å². The zero-order valence-corrected chi connectivity index (χ0v) is 14.7. The first kappa shape index (κ1) is 16.5. The zero-order valence-electron chi connectivity index (χ0n) is 14.7. The van der Waals surface area contributed by atoms with Gasteiger partial charge >= 0.3 is 0 Å². The Hall–Kier alpha value is -1.95. The summed E-state index contributed by atoms with van der Waals surface area (Å²) in [6.45, 7) is 2.59. The van der Waals surface area contributed by atoms with Gasteiger partial charge in [0.05, 0.1) is 12.1 Å². The van der Waals surface area contributed by atoms with E-state index in [0.29, 0.717) is 25.2 Å². The lowest BCUT2D eigenvalue weighted by atomic mass is 10.1. The molecule has 0 atom stereocenters. The second-order valence-corrected chi connectivity index (χ2v) is 7.23. The maximum absolute atomic E-state index is 14.6. The molecular weight excluding hydrogens is 319 g/mol. The van der Waals surface area contributed by atoms with Gasteiger partial charge in [-0.25, -0.2) is 14.4 Å². The number of aliphatic hydroxyl groups excluding tert-OH is 1. The summed E-state index contributed by atoms with van der Waals surface area (Å²) in [4.78, 5) is 13.5. The summed E-state index contributed by atoms with van der Waals surface area (Å²) in [6, 6.07) is 5.99. The van der Waals surface area contributed by atoms with Crippen LogP contribution in [0.2, 0.25) is 0 Å². The molecule has 0 unspecified atom stereocenters. The van der Waals surface area contributed by atoms with Gasteiger partial charge in [0.15, 0.2) is 11.5 Å². The third-order valence-corrected chi connectivity index (χ3v) is 5.28. The van der Waals surface area contributed by atoms with E-state index in [9.17, 15) is 9.50 Å². The fourth-order valence-corrected chi connectivity index (χ4v) is 3.50. The molecule has 0 bridgehead atoms. The van der Waals surface area contributed by atoms with Crippen molar-refractivity contribution in [3.63, 3.8) is 0 Å². The number of hydrogen-bond acceptors (Lipinski definition) is 5. The molecule has 5 nitrogen and oxygen atoms in total. The standard InChI is InChI=1S/C19H25FN4O/c1-23(11-12-25)14-5-6-16-15(13-14)17(24-9-3-2-4-10-24)22-18(21-16)19(20)7-8-19/h5-6,13,25H,2-4,7-12H2,1H3. The molecule has 2 fully saturated rings. The second kappa shape index (κ2) is 6.41. The van der Waals surface area contributed by atoms with Crippen LogP contribution in [-0.2, 0) is 5.67 Å². The van der Waals surface area contributed by atoms with Gasteiger partial charge in [0, 0.05) is 37.8 Å². The molecule has 2 aromatic rings. The third kappa shape index (κ3) is 3.15. The summed E-state index contributed by atoms with van der Waals surface area (Å²) in [5.74, 6) is 1.21. The lowest BCUT2D eigenvalue weighted by Gasteiger charge is -2.29. The second-order valence-electron chi connectivity index (χ2n) is 7.23. The highest BCUT2D eigenvalue weighted by atomic mass is 19.1. The number of piperidine rings is 1. The predicted molar refractivity (Wildman–Crippen MR) is 98.0 cm³/mol. The summed E-state index contributed by atoms with van der Waals surface area (Å²) in [6.07, 6.45) is 4.58. The molecule has 2 heterocycles. The van der Waals surface area contributed by atoms with Crippen molar-refractivity contribution in [2.75, 3.05) is 43.1 Å². The minimum absolute atomic E-state index is 0.104. The topological polar surface area (TPSA) is 52.5 Å². The van der Waals surface area contributed by atoms with Crippen LogP contribution in [0.15, 0.2) is 18.2 Å². The Morgan fingerprint density at radius 3 is 2.64 bits per heavy atom. The highest BCUT2D eigenvalue weighted by Gasteiger charge is 2.48. The number of nitrogens with zero attached hydrogens (tertiary/aromatic N) is 4. The van der Waals surface area contributed by atoms with Crippen molar-refractivity contribution in [2.45, 2.75) is 37.8 Å². The Labute approximate surface area is 147 Å². The van der Waals surface area contributed by atoms with Crippen LogP contribution in [0, 0.1) is 0 Å². The monoisotopic (exact) mass is 344 g/mol. The Bertz CT molecular complexity index is 771. The number of hydrogen-bond donors (Lipinski definition) is 1. The van der Waals surface area contributed by atoms with E-state index in [1.807, 2.05) is 24.1 Å². The van der Waals surface area contributed by atoms with Crippen molar-refractivity contribution >= 4 is 22.4 Å². The SMILES string of the molecule is CN(CCO)c1ccc2nc(C3(F)CC3)nc(N3CCCCC3)c2c1. The van der Waals surface area contributed by atoms with Crippen LogP contribution >= 0.6 is 0 Å². The summed E-state index contributed by atoms with van der Waals surface area (Å²) < 4.78 is 14.6. The maximum atomic E-state index is 14.6. The van der Waals surface area contributed by atoms with Crippen molar-refractivity contribution in [1.82, 2.24) is 9.97 Å². The molecule has 2 aliphatic rings. The minimum Gasteiger partial charge on any atom is -0.395 e. The number of likely N-dealkylation sites (N-methyl/N-ethyl adjacent to an activating group) is 1. The van der Waals surface area contributed by atoms with Crippen LogP contribution in [0.25, 0.3) is 10.9 Å². The molecule has 25 heavy (non-hydrogen) atoms. The van der Waals surface area contributed by atoms with Gasteiger partial charge in [-0.1, -0.05) is 0 Å². The van der Waals surface area contributed by atoms with Gasteiger partial charge < -0.3 is 14.9 Å². The van der Waals surface area contributed by atoms with Gasteiger partial charge in [-0.3, -0.25) is 0 Å². The van der Waals surface area contributed by atoms with E-state index in [-0.39, 0.29) is 6.61 Å². The molecule has 1 aromatic heterocycles. The molecule has 1 saturated heterocycles. The molecule has 0 spiro atoms. The van der Waals surface area contributed by atoms with Gasteiger partial charge in [0.25, 0.3) is 0 Å². The summed E-state index contributed by atoms with van der Waals surface area (Å²) in [5, 5.41) is 10.2. The lowest BCUT2D eigenvalue weighted by Crippen LogP contribution is -2.31. The van der Waals surface area contributed by atoms with E-state index in [1.165, 1.54) is 6.42 Å². The first-order chi connectivity index (χ1) is 12.1. The molecule has 1 aromatic carbocycles. The minimum atomic E-state index is -1.33. The van der Waals surface area contributed by atoms with E-state index in [2.05, 4.69) is 20.9 Å². The Kier molecular flexibility index (Phi) is 4.23. The van der Waals surface area contributed by atoms with E-state index in [0.717, 1.165) is 48.3 Å². The third-order valence-electron chi connectivity index (χ3n) is 5.28. The molecule has 0 radical (unpaired) electrons. The number of aliphatic hydroxyl groups is 1. The van der Waals surface area contributed by atoms with Crippen LogP contribution in [0.4, 0.5) is 15.9 Å². The number of fused-ring (bicyclic) bond motifs is 1. The highest BCUT2D eigenvalue weighted by molar-refractivity contribution is 5.92. The van der Waals surface area contributed by atoms with Crippen molar-refractivity contribution < 1.29 is 9.50 Å². The molecule has 1 aliphatic heterocycles. The smallest absolute Gasteiger partial charge is 0.170 e. The summed E-state index contributed by atoms with van der Waals surface area (Å²) >= 11 is 0. The van der Waals surface area contributed by atoms with Crippen molar-refractivity contribution in [1.29, 1.82) is 0 Å². The highest BCUT2D eigenvalue weighted by Crippen LogP contribution is 2.49. The van der Waals surface area contributed by atoms with Crippen LogP contribution < -0.4 is 9.80 Å². The van der Waals surface area contributed by atoms with Gasteiger partial charge in [0.2, 0.25) is 0 Å². The van der Waals surface area contributed by atoms with Crippen molar-refractivity contribution in [3.05, 3.63) is 24.0 Å². The van der Waals surface area contributed by atoms with E-state index >= 15 is 0 Å². The summed E-state index contributed by atoms with van der Waals surface area (Å²) in [5.41, 5.74) is 0.485. The average molecular weight is 344 g/mol. The molecule has 1 aliphatic carbocycles. The Balaban J connectivity index is 1.82. The molecule has 0 amide bonds. The van der Waals surface area contributed by atoms with Gasteiger partial charge in [-0.15, -0.1) is 0 Å². The Morgan fingerprint density at radius 2 is 1.96 bits per heavy atom. The Morgan fingerprint density at radius 1 is 1.20 bits per heavy atom. The predicted octanol–water partition coefficient (Wildman–Crippen LogP) is 3.01. The lowest BCUT2D eigenvalue weighted by molar-refractivity contribution is 0.301. The maximum Gasteiger partial charge on any atom is 0.170 e. The molecule has 4 rings (SSSR count). The number of benzene rings is 1. The van der Waals surface area contributed by atoms with Crippen LogP contribution in [0.5, 0.6) is 0 Å². The molecule has 134 valence electrons. The molecule has 6 heteroatoms. The fourth-order valence-electron chi connectivity index (χ4n) is 3.50.